The number of hydrogen-bond donors (Lipinski definition) is 1. The molecule has 2 aliphatic heterocycles. The van der Waals surface area contributed by atoms with Gasteiger partial charge in [0.25, 0.3) is 0 Å². The molecule has 9 nitrogen and oxygen atoms in total. The van der Waals surface area contributed by atoms with Crippen LogP contribution < -0.4 is 4.90 Å². The highest BCUT2D eigenvalue weighted by molar-refractivity contribution is 9.10. The van der Waals surface area contributed by atoms with Gasteiger partial charge in [0.05, 0.1) is 25.1 Å². The van der Waals surface area contributed by atoms with Gasteiger partial charge in [0.2, 0.25) is 5.91 Å². The minimum absolute atomic E-state index is 0.193. The summed E-state index contributed by atoms with van der Waals surface area (Å²) in [5.74, 6) is 1.07. The molecule has 2 aromatic heterocycles. The largest absolute Gasteiger partial charge is 0.378 e. The van der Waals surface area contributed by atoms with Crippen LogP contribution in [0.3, 0.4) is 0 Å². The van der Waals surface area contributed by atoms with Gasteiger partial charge >= 0.3 is 0 Å². The number of halogens is 1. The molecular weight excluding hydrogens is 390 g/mol. The van der Waals surface area contributed by atoms with Gasteiger partial charge in [-0.1, -0.05) is 0 Å². The van der Waals surface area contributed by atoms with Crippen molar-refractivity contribution in [2.75, 3.05) is 63.9 Å². The number of ether oxygens (including phenoxy) is 1. The molecule has 2 fully saturated rings. The summed E-state index contributed by atoms with van der Waals surface area (Å²) in [6, 6.07) is 0. The van der Waals surface area contributed by atoms with Crippen LogP contribution in [-0.2, 0) is 9.53 Å². The van der Waals surface area contributed by atoms with Crippen molar-refractivity contribution < 1.29 is 9.53 Å². The Morgan fingerprint density at radius 3 is 2.68 bits per heavy atom. The Hall–Kier alpha value is -1.78. The van der Waals surface area contributed by atoms with Crippen molar-refractivity contribution in [3.63, 3.8) is 0 Å². The lowest BCUT2D eigenvalue weighted by Gasteiger charge is -2.36. The molecule has 0 saturated carbocycles. The summed E-state index contributed by atoms with van der Waals surface area (Å²) >= 11 is 3.48. The van der Waals surface area contributed by atoms with Gasteiger partial charge < -0.3 is 14.5 Å². The van der Waals surface area contributed by atoms with E-state index in [9.17, 15) is 4.79 Å². The normalized spacial score (nSPS) is 19.6. The SMILES string of the molecule is O=C(CN1CCN(c2ncnc3n[nH]c(Br)c23)CC1)N1CCOCC1. The average Bonchev–Trinajstić information content (AvgIpc) is 3.04. The van der Waals surface area contributed by atoms with E-state index in [1.54, 1.807) is 6.33 Å². The molecule has 134 valence electrons. The number of nitrogens with one attached hydrogen (secondary N) is 1. The number of anilines is 1. The van der Waals surface area contributed by atoms with Crippen molar-refractivity contribution >= 4 is 38.7 Å². The van der Waals surface area contributed by atoms with Crippen LogP contribution >= 0.6 is 15.9 Å². The molecule has 4 heterocycles. The molecule has 1 N–H and O–H groups in total. The Labute approximate surface area is 153 Å². The second kappa shape index (κ2) is 7.22. The van der Waals surface area contributed by atoms with Gasteiger partial charge in [-0.25, -0.2) is 9.97 Å². The van der Waals surface area contributed by atoms with Gasteiger partial charge in [0, 0.05) is 39.3 Å². The fraction of sp³-hybridized carbons (Fsp3) is 0.600. The number of aromatic amines is 1. The third kappa shape index (κ3) is 3.46. The number of carbonyl (C=O) groups excluding carboxylic acids is 1. The predicted molar refractivity (Wildman–Crippen MR) is 95.4 cm³/mol. The number of nitrogens with zero attached hydrogens (tertiary/aromatic N) is 6. The van der Waals surface area contributed by atoms with E-state index in [2.05, 4.69) is 45.9 Å². The first kappa shape index (κ1) is 16.7. The summed E-state index contributed by atoms with van der Waals surface area (Å²) in [6.07, 6.45) is 1.54. The van der Waals surface area contributed by atoms with Gasteiger partial charge in [-0.3, -0.25) is 14.8 Å². The molecule has 2 aliphatic rings. The third-order valence-electron chi connectivity index (χ3n) is 4.68. The zero-order chi connectivity index (χ0) is 17.2. The number of morpholine rings is 1. The lowest BCUT2D eigenvalue weighted by atomic mass is 10.2. The quantitative estimate of drug-likeness (QED) is 0.768. The number of piperazine rings is 1. The minimum atomic E-state index is 0.193. The Balaban J connectivity index is 1.38. The van der Waals surface area contributed by atoms with Crippen molar-refractivity contribution in [3.05, 3.63) is 10.9 Å². The molecule has 0 spiro atoms. The maximum atomic E-state index is 12.4. The molecule has 2 saturated heterocycles. The highest BCUT2D eigenvalue weighted by Crippen LogP contribution is 2.28. The molecule has 4 rings (SSSR count). The molecule has 0 aromatic carbocycles. The van der Waals surface area contributed by atoms with Crippen LogP contribution in [0.2, 0.25) is 0 Å². The standard InChI is InChI=1S/C15H20BrN7O2/c16-13-12-14(20-19-13)17-10-18-15(12)23-3-1-21(2-4-23)9-11(24)22-5-7-25-8-6-22/h10H,1-9H2,(H,17,18,19,20). The van der Waals surface area contributed by atoms with Crippen molar-refractivity contribution in [2.45, 2.75) is 0 Å². The first-order valence-corrected chi connectivity index (χ1v) is 9.19. The van der Waals surface area contributed by atoms with Crippen LogP contribution in [0.25, 0.3) is 11.0 Å². The van der Waals surface area contributed by atoms with Crippen molar-refractivity contribution in [2.24, 2.45) is 0 Å². The molecule has 0 atom stereocenters. The van der Waals surface area contributed by atoms with E-state index in [1.165, 1.54) is 0 Å². The Morgan fingerprint density at radius 1 is 1.16 bits per heavy atom. The summed E-state index contributed by atoms with van der Waals surface area (Å²) in [6.45, 7) is 6.46. The number of hydrogen-bond acceptors (Lipinski definition) is 7. The molecule has 2 aromatic rings. The van der Waals surface area contributed by atoms with E-state index in [0.29, 0.717) is 38.5 Å². The van der Waals surface area contributed by atoms with Crippen LogP contribution in [0.4, 0.5) is 5.82 Å². The van der Waals surface area contributed by atoms with Gasteiger partial charge in [-0.2, -0.15) is 5.10 Å². The Morgan fingerprint density at radius 2 is 1.92 bits per heavy atom. The zero-order valence-corrected chi connectivity index (χ0v) is 15.4. The van der Waals surface area contributed by atoms with E-state index in [1.807, 2.05) is 4.90 Å². The second-order valence-corrected chi connectivity index (χ2v) is 6.98. The molecule has 10 heteroatoms. The highest BCUT2D eigenvalue weighted by atomic mass is 79.9. The first-order chi connectivity index (χ1) is 12.2. The monoisotopic (exact) mass is 409 g/mol. The minimum Gasteiger partial charge on any atom is -0.378 e. The number of carbonyl (C=O) groups is 1. The maximum Gasteiger partial charge on any atom is 0.236 e. The van der Waals surface area contributed by atoms with Crippen LogP contribution in [0.5, 0.6) is 0 Å². The van der Waals surface area contributed by atoms with Gasteiger partial charge in [-0.05, 0) is 15.9 Å². The van der Waals surface area contributed by atoms with Crippen LogP contribution in [0, 0.1) is 0 Å². The van der Waals surface area contributed by atoms with Crippen molar-refractivity contribution in [1.82, 2.24) is 30.0 Å². The lowest BCUT2D eigenvalue weighted by Crippen LogP contribution is -2.51. The number of rotatable bonds is 3. The summed E-state index contributed by atoms with van der Waals surface area (Å²) in [5, 5.41) is 7.96. The van der Waals surface area contributed by atoms with Gasteiger partial charge in [0.1, 0.15) is 16.7 Å². The average molecular weight is 410 g/mol. The van der Waals surface area contributed by atoms with Crippen LogP contribution in [-0.4, -0.2) is 94.9 Å². The smallest absolute Gasteiger partial charge is 0.236 e. The molecule has 25 heavy (non-hydrogen) atoms. The summed E-state index contributed by atoms with van der Waals surface area (Å²) in [5.41, 5.74) is 0.654. The Kier molecular flexibility index (Phi) is 4.82. The van der Waals surface area contributed by atoms with E-state index in [-0.39, 0.29) is 5.91 Å². The number of fused-ring (bicyclic) bond motifs is 1. The zero-order valence-electron chi connectivity index (χ0n) is 13.8. The van der Waals surface area contributed by atoms with Crippen molar-refractivity contribution in [3.8, 4) is 0 Å². The number of aromatic nitrogens is 4. The fourth-order valence-electron chi connectivity index (χ4n) is 3.27. The first-order valence-electron chi connectivity index (χ1n) is 8.40. The summed E-state index contributed by atoms with van der Waals surface area (Å²) in [7, 11) is 0. The lowest BCUT2D eigenvalue weighted by molar-refractivity contribution is -0.136. The molecule has 0 unspecified atom stereocenters. The van der Waals surface area contributed by atoms with Gasteiger partial charge in [-0.15, -0.1) is 0 Å². The van der Waals surface area contributed by atoms with E-state index in [4.69, 9.17) is 4.74 Å². The van der Waals surface area contributed by atoms with Crippen LogP contribution in [0.15, 0.2) is 10.9 Å². The molecule has 0 bridgehead atoms. The van der Waals surface area contributed by atoms with E-state index < -0.39 is 0 Å². The molecule has 0 radical (unpaired) electrons. The van der Waals surface area contributed by atoms with E-state index >= 15 is 0 Å². The summed E-state index contributed by atoms with van der Waals surface area (Å²) < 4.78 is 6.10. The third-order valence-corrected chi connectivity index (χ3v) is 5.26. The van der Waals surface area contributed by atoms with E-state index in [0.717, 1.165) is 42.0 Å². The second-order valence-electron chi connectivity index (χ2n) is 6.19. The molecule has 0 aliphatic carbocycles. The maximum absolute atomic E-state index is 12.4. The van der Waals surface area contributed by atoms with Gasteiger partial charge in [0.15, 0.2) is 5.65 Å². The van der Waals surface area contributed by atoms with Crippen molar-refractivity contribution in [1.29, 1.82) is 0 Å². The summed E-state index contributed by atoms with van der Waals surface area (Å²) in [4.78, 5) is 27.3. The molecule has 1 amide bonds. The number of H-pyrrole nitrogens is 1. The topological polar surface area (TPSA) is 90.5 Å². The fourth-order valence-corrected chi connectivity index (χ4v) is 3.71. The van der Waals surface area contributed by atoms with Crippen LogP contribution in [0.1, 0.15) is 0 Å². The molecular formula is C15H20BrN7O2. The highest BCUT2D eigenvalue weighted by Gasteiger charge is 2.25. The predicted octanol–water partition coefficient (Wildman–Crippen LogP) is 0.0962. The number of amides is 1. The Bertz CT molecular complexity index is 753.